The van der Waals surface area contributed by atoms with E-state index >= 15 is 0 Å². The van der Waals surface area contributed by atoms with Crippen molar-refractivity contribution in [1.29, 1.82) is 0 Å². The van der Waals surface area contributed by atoms with E-state index in [1.54, 1.807) is 0 Å². The normalized spacial score (nSPS) is 11.4. The highest BCUT2D eigenvalue weighted by Gasteiger charge is 2.13. The maximum Gasteiger partial charge on any atom is 0.0896 e. The molecule has 1 aromatic heterocycles. The Kier molecular flexibility index (Phi) is 3.22. The van der Waals surface area contributed by atoms with Crippen LogP contribution in [0.15, 0.2) is 84.9 Å². The van der Waals surface area contributed by atoms with Crippen molar-refractivity contribution in [2.24, 2.45) is 0 Å². The minimum absolute atomic E-state index is 0.680. The van der Waals surface area contributed by atoms with E-state index in [2.05, 4.69) is 54.6 Å². The van der Waals surface area contributed by atoms with Gasteiger partial charge in [0.05, 0.1) is 16.2 Å². The average Bonchev–Trinajstić information content (AvgIpc) is 2.68. The van der Waals surface area contributed by atoms with Crippen molar-refractivity contribution in [3.8, 4) is 11.3 Å². The van der Waals surface area contributed by atoms with Gasteiger partial charge in [0.1, 0.15) is 0 Å². The summed E-state index contributed by atoms with van der Waals surface area (Å²) in [6, 6.07) is 29.1. The Morgan fingerprint density at radius 3 is 1.76 bits per heavy atom. The summed E-state index contributed by atoms with van der Waals surface area (Å²) in [5.41, 5.74) is 2.86. The average molecular weight is 340 g/mol. The number of hydrogen-bond acceptors (Lipinski definition) is 1. The highest BCUT2D eigenvalue weighted by atomic mass is 35.5. The lowest BCUT2D eigenvalue weighted by atomic mass is 9.96. The fourth-order valence-electron chi connectivity index (χ4n) is 3.58. The monoisotopic (exact) mass is 339 g/mol. The second kappa shape index (κ2) is 5.58. The lowest BCUT2D eigenvalue weighted by molar-refractivity contribution is 1.41. The van der Waals surface area contributed by atoms with Gasteiger partial charge in [-0.1, -0.05) is 90.5 Å². The molecule has 118 valence electrons. The highest BCUT2D eigenvalue weighted by molar-refractivity contribution is 6.35. The first-order valence-electron chi connectivity index (χ1n) is 8.28. The van der Waals surface area contributed by atoms with Gasteiger partial charge in [-0.3, -0.25) is 0 Å². The van der Waals surface area contributed by atoms with Crippen LogP contribution in [0.2, 0.25) is 5.02 Å². The third kappa shape index (κ3) is 2.20. The number of hydrogen-bond donors (Lipinski definition) is 0. The lowest BCUT2D eigenvalue weighted by Gasteiger charge is -2.12. The summed E-state index contributed by atoms with van der Waals surface area (Å²) in [4.78, 5) is 4.99. The van der Waals surface area contributed by atoms with Crippen molar-refractivity contribution in [3.63, 3.8) is 0 Å². The number of pyridine rings is 1. The van der Waals surface area contributed by atoms with Crippen LogP contribution in [0.4, 0.5) is 0 Å². The van der Waals surface area contributed by atoms with Crippen molar-refractivity contribution >= 4 is 44.0 Å². The van der Waals surface area contributed by atoms with Crippen molar-refractivity contribution in [2.45, 2.75) is 0 Å². The molecular formula is C23H14ClN. The van der Waals surface area contributed by atoms with E-state index in [4.69, 9.17) is 16.6 Å². The predicted molar refractivity (Wildman–Crippen MR) is 107 cm³/mol. The Labute approximate surface area is 150 Å². The SMILES string of the molecule is Clc1cc2c3ccccc3c3ccccc3c2nc1-c1ccccc1. The second-order valence-corrected chi connectivity index (χ2v) is 6.58. The second-order valence-electron chi connectivity index (χ2n) is 6.17. The maximum atomic E-state index is 6.63. The lowest BCUT2D eigenvalue weighted by Crippen LogP contribution is -1.90. The smallest absolute Gasteiger partial charge is 0.0896 e. The van der Waals surface area contributed by atoms with Crippen molar-refractivity contribution in [2.75, 3.05) is 0 Å². The summed E-state index contributed by atoms with van der Waals surface area (Å²) >= 11 is 6.63. The first kappa shape index (κ1) is 14.4. The zero-order valence-corrected chi connectivity index (χ0v) is 14.2. The van der Waals surface area contributed by atoms with Crippen LogP contribution in [-0.2, 0) is 0 Å². The van der Waals surface area contributed by atoms with Crippen LogP contribution < -0.4 is 0 Å². The molecule has 0 saturated heterocycles. The zero-order valence-electron chi connectivity index (χ0n) is 13.4. The van der Waals surface area contributed by atoms with Gasteiger partial charge in [-0.25, -0.2) is 4.98 Å². The van der Waals surface area contributed by atoms with Crippen LogP contribution in [0.5, 0.6) is 0 Å². The minimum Gasteiger partial charge on any atom is -0.246 e. The van der Waals surface area contributed by atoms with E-state index in [1.165, 1.54) is 16.2 Å². The third-order valence-electron chi connectivity index (χ3n) is 4.71. The van der Waals surface area contributed by atoms with E-state index in [0.29, 0.717) is 5.02 Å². The largest absolute Gasteiger partial charge is 0.246 e. The Balaban J connectivity index is 2.00. The summed E-state index contributed by atoms with van der Waals surface area (Å²) in [7, 11) is 0. The summed E-state index contributed by atoms with van der Waals surface area (Å²) in [5, 5.41) is 6.57. The molecule has 0 aliphatic carbocycles. The van der Waals surface area contributed by atoms with Gasteiger partial charge < -0.3 is 0 Å². The third-order valence-corrected chi connectivity index (χ3v) is 5.00. The molecule has 0 fully saturated rings. The molecule has 0 saturated carbocycles. The number of rotatable bonds is 1. The first-order valence-corrected chi connectivity index (χ1v) is 8.66. The Morgan fingerprint density at radius 1 is 0.560 bits per heavy atom. The van der Waals surface area contributed by atoms with Crippen molar-refractivity contribution in [1.82, 2.24) is 4.98 Å². The maximum absolute atomic E-state index is 6.63. The van der Waals surface area contributed by atoms with Gasteiger partial charge in [-0.2, -0.15) is 0 Å². The molecule has 4 aromatic carbocycles. The zero-order chi connectivity index (χ0) is 16.8. The van der Waals surface area contributed by atoms with Gasteiger partial charge in [0, 0.05) is 16.3 Å². The van der Waals surface area contributed by atoms with Crippen LogP contribution in [0.3, 0.4) is 0 Å². The molecule has 0 aliphatic heterocycles. The van der Waals surface area contributed by atoms with Gasteiger partial charge in [0.15, 0.2) is 0 Å². The topological polar surface area (TPSA) is 12.9 Å². The summed E-state index contributed by atoms with van der Waals surface area (Å²) < 4.78 is 0. The van der Waals surface area contributed by atoms with Crippen molar-refractivity contribution in [3.05, 3.63) is 90.0 Å². The molecule has 0 N–H and O–H groups in total. The first-order chi connectivity index (χ1) is 12.3. The van der Waals surface area contributed by atoms with Crippen LogP contribution in [0.25, 0.3) is 43.7 Å². The molecule has 5 rings (SSSR count). The van der Waals surface area contributed by atoms with Gasteiger partial charge in [-0.05, 0) is 22.2 Å². The van der Waals surface area contributed by atoms with E-state index in [1.807, 2.05) is 30.3 Å². The van der Waals surface area contributed by atoms with Crippen LogP contribution in [0.1, 0.15) is 0 Å². The van der Waals surface area contributed by atoms with Gasteiger partial charge in [0.25, 0.3) is 0 Å². The molecular weight excluding hydrogens is 326 g/mol. The van der Waals surface area contributed by atoms with E-state index in [0.717, 1.165) is 27.5 Å². The number of benzene rings is 4. The minimum atomic E-state index is 0.680. The summed E-state index contributed by atoms with van der Waals surface area (Å²) in [6.45, 7) is 0. The highest BCUT2D eigenvalue weighted by Crippen LogP contribution is 2.37. The van der Waals surface area contributed by atoms with Crippen molar-refractivity contribution < 1.29 is 0 Å². The van der Waals surface area contributed by atoms with Crippen LogP contribution >= 0.6 is 11.6 Å². The Morgan fingerprint density at radius 2 is 1.08 bits per heavy atom. The van der Waals surface area contributed by atoms with Gasteiger partial charge in [-0.15, -0.1) is 0 Å². The number of fused-ring (bicyclic) bond motifs is 6. The molecule has 0 unspecified atom stereocenters. The molecule has 0 aliphatic rings. The Bertz CT molecular complexity index is 1240. The molecule has 2 heteroatoms. The fourth-order valence-corrected chi connectivity index (χ4v) is 3.84. The number of nitrogens with zero attached hydrogens (tertiary/aromatic N) is 1. The van der Waals surface area contributed by atoms with Crippen LogP contribution in [0, 0.1) is 0 Å². The predicted octanol–water partition coefficient (Wildman–Crippen LogP) is 6.86. The number of aromatic nitrogens is 1. The fraction of sp³-hybridized carbons (Fsp3) is 0. The molecule has 1 nitrogen and oxygen atoms in total. The van der Waals surface area contributed by atoms with Gasteiger partial charge >= 0.3 is 0 Å². The summed E-state index contributed by atoms with van der Waals surface area (Å²) in [5.74, 6) is 0. The van der Waals surface area contributed by atoms with E-state index in [-0.39, 0.29) is 0 Å². The van der Waals surface area contributed by atoms with E-state index < -0.39 is 0 Å². The summed E-state index contributed by atoms with van der Waals surface area (Å²) in [6.07, 6.45) is 0. The molecule has 0 bridgehead atoms. The molecule has 25 heavy (non-hydrogen) atoms. The molecule has 0 amide bonds. The standard InChI is InChI=1S/C23H14ClN/c24-21-14-20-18-12-5-4-10-16(18)17-11-6-7-13-19(17)23(20)25-22(21)15-8-2-1-3-9-15/h1-14H. The number of halogens is 1. The molecule has 5 aromatic rings. The Hall–Kier alpha value is -2.90. The molecule has 0 radical (unpaired) electrons. The quantitative estimate of drug-likeness (QED) is 0.304. The molecule has 0 atom stereocenters. The van der Waals surface area contributed by atoms with Crippen LogP contribution in [-0.4, -0.2) is 4.98 Å². The molecule has 0 spiro atoms. The molecule has 1 heterocycles. The van der Waals surface area contributed by atoms with Gasteiger partial charge in [0.2, 0.25) is 0 Å². The van der Waals surface area contributed by atoms with E-state index in [9.17, 15) is 0 Å².